The van der Waals surface area contributed by atoms with Crippen LogP contribution in [0, 0.1) is 0 Å². The van der Waals surface area contributed by atoms with E-state index in [2.05, 4.69) is 5.32 Å². The molecule has 0 saturated carbocycles. The number of piperazine rings is 1. The number of nitrogens with zero attached hydrogens (tertiary/aromatic N) is 1. The van der Waals surface area contributed by atoms with Gasteiger partial charge in [0.05, 0.1) is 12.2 Å². The van der Waals surface area contributed by atoms with E-state index in [0.29, 0.717) is 13.1 Å². The third-order valence-corrected chi connectivity index (χ3v) is 3.22. The molecule has 0 bridgehead atoms. The number of phenolic OH excluding ortho intramolecular Hbond substituents is 1. The van der Waals surface area contributed by atoms with Gasteiger partial charge >= 0.3 is 0 Å². The fourth-order valence-electron chi connectivity index (χ4n) is 2.34. The smallest absolute Gasteiger partial charge is 0.241 e. The van der Waals surface area contributed by atoms with Crippen molar-refractivity contribution in [2.24, 2.45) is 0 Å². The number of aromatic hydroxyl groups is 1. The number of phenols is 1. The molecule has 0 aliphatic carbocycles. The van der Waals surface area contributed by atoms with Crippen LogP contribution in [-0.2, 0) is 4.79 Å². The summed E-state index contributed by atoms with van der Waals surface area (Å²) in [5.41, 5.74) is 0.870. The maximum atomic E-state index is 11.9. The molecule has 1 aliphatic heterocycles. The fraction of sp³-hybridized carbons (Fsp3) is 0.214. The fourth-order valence-corrected chi connectivity index (χ4v) is 2.34. The molecule has 2 aromatic carbocycles. The standard InChI is InChI=1S/C14H14N2O2/c17-11-5-4-10-2-1-3-13(12(10)8-11)16-7-6-15-9-14(16)18/h1-5,8,15,17H,6-7,9H2. The summed E-state index contributed by atoms with van der Waals surface area (Å²) in [6, 6.07) is 11.1. The maximum Gasteiger partial charge on any atom is 0.241 e. The molecule has 2 aromatic rings. The molecule has 1 saturated heterocycles. The van der Waals surface area contributed by atoms with Crippen LogP contribution >= 0.6 is 0 Å². The van der Waals surface area contributed by atoms with E-state index in [-0.39, 0.29) is 11.7 Å². The lowest BCUT2D eigenvalue weighted by Gasteiger charge is -2.28. The summed E-state index contributed by atoms with van der Waals surface area (Å²) in [7, 11) is 0. The van der Waals surface area contributed by atoms with E-state index >= 15 is 0 Å². The third kappa shape index (κ3) is 1.80. The number of hydrogen-bond acceptors (Lipinski definition) is 3. The van der Waals surface area contributed by atoms with E-state index in [4.69, 9.17) is 0 Å². The Hall–Kier alpha value is -2.07. The second-order valence-corrected chi connectivity index (χ2v) is 4.40. The van der Waals surface area contributed by atoms with Gasteiger partial charge in [0.15, 0.2) is 0 Å². The van der Waals surface area contributed by atoms with Gasteiger partial charge in [0, 0.05) is 18.5 Å². The second-order valence-electron chi connectivity index (χ2n) is 4.40. The van der Waals surface area contributed by atoms with Crippen molar-refractivity contribution in [2.45, 2.75) is 0 Å². The van der Waals surface area contributed by atoms with Gasteiger partial charge < -0.3 is 15.3 Å². The van der Waals surface area contributed by atoms with Crippen molar-refractivity contribution >= 4 is 22.4 Å². The number of benzene rings is 2. The van der Waals surface area contributed by atoms with Gasteiger partial charge in [-0.2, -0.15) is 0 Å². The van der Waals surface area contributed by atoms with Crippen LogP contribution in [0.15, 0.2) is 36.4 Å². The molecular formula is C14H14N2O2. The van der Waals surface area contributed by atoms with Crippen molar-refractivity contribution in [3.8, 4) is 5.75 Å². The zero-order chi connectivity index (χ0) is 12.5. The minimum absolute atomic E-state index is 0.0668. The molecular weight excluding hydrogens is 228 g/mol. The number of amides is 1. The van der Waals surface area contributed by atoms with Crippen molar-refractivity contribution in [3.63, 3.8) is 0 Å². The summed E-state index contributed by atoms with van der Waals surface area (Å²) in [5, 5.41) is 14.6. The van der Waals surface area contributed by atoms with Crippen molar-refractivity contribution in [3.05, 3.63) is 36.4 Å². The Kier molecular flexibility index (Phi) is 2.64. The van der Waals surface area contributed by atoms with Crippen molar-refractivity contribution < 1.29 is 9.90 Å². The van der Waals surface area contributed by atoms with E-state index < -0.39 is 0 Å². The third-order valence-electron chi connectivity index (χ3n) is 3.22. The Labute approximate surface area is 105 Å². The summed E-state index contributed by atoms with van der Waals surface area (Å²) < 4.78 is 0. The van der Waals surface area contributed by atoms with Crippen LogP contribution in [0.1, 0.15) is 0 Å². The summed E-state index contributed by atoms with van der Waals surface area (Å²) in [6.07, 6.45) is 0. The molecule has 0 spiro atoms. The molecule has 3 rings (SSSR count). The van der Waals surface area contributed by atoms with Gasteiger partial charge in [-0.1, -0.05) is 18.2 Å². The monoisotopic (exact) mass is 242 g/mol. The topological polar surface area (TPSA) is 52.6 Å². The Balaban J connectivity index is 2.15. The molecule has 0 radical (unpaired) electrons. The Morgan fingerprint density at radius 2 is 2.11 bits per heavy atom. The molecule has 18 heavy (non-hydrogen) atoms. The average molecular weight is 242 g/mol. The van der Waals surface area contributed by atoms with Crippen LogP contribution in [0.2, 0.25) is 0 Å². The number of fused-ring (bicyclic) bond motifs is 1. The predicted octanol–water partition coefficient (Wildman–Crippen LogP) is 1.48. The average Bonchev–Trinajstić information content (AvgIpc) is 2.39. The largest absolute Gasteiger partial charge is 0.508 e. The molecule has 92 valence electrons. The highest BCUT2D eigenvalue weighted by molar-refractivity contribution is 6.05. The van der Waals surface area contributed by atoms with Crippen LogP contribution in [0.4, 0.5) is 5.69 Å². The van der Waals surface area contributed by atoms with E-state index in [0.717, 1.165) is 23.0 Å². The first-order chi connectivity index (χ1) is 8.75. The molecule has 1 aliphatic rings. The summed E-state index contributed by atoms with van der Waals surface area (Å²) >= 11 is 0. The first-order valence-corrected chi connectivity index (χ1v) is 5.98. The normalized spacial score (nSPS) is 16.2. The van der Waals surface area contributed by atoms with Crippen LogP contribution < -0.4 is 10.2 Å². The van der Waals surface area contributed by atoms with Crippen molar-refractivity contribution in [2.75, 3.05) is 24.5 Å². The number of rotatable bonds is 1. The molecule has 0 aromatic heterocycles. The number of nitrogens with one attached hydrogen (secondary N) is 1. The number of carbonyl (C=O) groups is 1. The number of anilines is 1. The van der Waals surface area contributed by atoms with Crippen LogP contribution in [0.3, 0.4) is 0 Å². The van der Waals surface area contributed by atoms with E-state index in [1.165, 1.54) is 0 Å². The molecule has 1 heterocycles. The van der Waals surface area contributed by atoms with Crippen LogP contribution in [-0.4, -0.2) is 30.6 Å². The lowest BCUT2D eigenvalue weighted by Crippen LogP contribution is -2.48. The summed E-state index contributed by atoms with van der Waals surface area (Å²) in [6.45, 7) is 1.82. The molecule has 0 atom stereocenters. The van der Waals surface area contributed by atoms with Crippen LogP contribution in [0.5, 0.6) is 5.75 Å². The van der Waals surface area contributed by atoms with Crippen LogP contribution in [0.25, 0.3) is 10.8 Å². The number of carbonyl (C=O) groups excluding carboxylic acids is 1. The zero-order valence-electron chi connectivity index (χ0n) is 9.89. The highest BCUT2D eigenvalue weighted by Gasteiger charge is 2.20. The molecule has 1 fully saturated rings. The Bertz CT molecular complexity index is 610. The first kappa shape index (κ1) is 11.0. The highest BCUT2D eigenvalue weighted by Crippen LogP contribution is 2.30. The van der Waals surface area contributed by atoms with E-state index in [1.807, 2.05) is 24.3 Å². The summed E-state index contributed by atoms with van der Waals surface area (Å²) in [4.78, 5) is 13.7. The van der Waals surface area contributed by atoms with Crippen molar-refractivity contribution in [1.82, 2.24) is 5.32 Å². The van der Waals surface area contributed by atoms with Gasteiger partial charge in [-0.25, -0.2) is 0 Å². The molecule has 4 nitrogen and oxygen atoms in total. The first-order valence-electron chi connectivity index (χ1n) is 5.98. The van der Waals surface area contributed by atoms with Gasteiger partial charge in [-0.3, -0.25) is 4.79 Å². The zero-order valence-corrected chi connectivity index (χ0v) is 9.89. The predicted molar refractivity (Wildman–Crippen MR) is 70.8 cm³/mol. The van der Waals surface area contributed by atoms with E-state index in [1.54, 1.807) is 17.0 Å². The van der Waals surface area contributed by atoms with Gasteiger partial charge in [0.1, 0.15) is 5.75 Å². The highest BCUT2D eigenvalue weighted by atomic mass is 16.3. The lowest BCUT2D eigenvalue weighted by molar-refractivity contribution is -0.118. The SMILES string of the molecule is O=C1CNCCN1c1cccc2ccc(O)cc12. The van der Waals surface area contributed by atoms with Gasteiger partial charge in [-0.15, -0.1) is 0 Å². The Morgan fingerprint density at radius 3 is 2.94 bits per heavy atom. The number of hydrogen-bond donors (Lipinski definition) is 2. The lowest BCUT2D eigenvalue weighted by atomic mass is 10.1. The minimum Gasteiger partial charge on any atom is -0.508 e. The van der Waals surface area contributed by atoms with E-state index in [9.17, 15) is 9.90 Å². The molecule has 4 heteroatoms. The molecule has 0 unspecified atom stereocenters. The molecule has 2 N–H and O–H groups in total. The summed E-state index contributed by atoms with van der Waals surface area (Å²) in [5.74, 6) is 0.287. The second kappa shape index (κ2) is 4.31. The maximum absolute atomic E-state index is 11.9. The van der Waals surface area contributed by atoms with Gasteiger partial charge in [-0.05, 0) is 23.6 Å². The molecule has 1 amide bonds. The van der Waals surface area contributed by atoms with Gasteiger partial charge in [0.2, 0.25) is 5.91 Å². The Morgan fingerprint density at radius 1 is 1.22 bits per heavy atom. The minimum atomic E-state index is 0.0668. The van der Waals surface area contributed by atoms with Crippen molar-refractivity contribution in [1.29, 1.82) is 0 Å². The quantitative estimate of drug-likeness (QED) is 0.796. The van der Waals surface area contributed by atoms with Gasteiger partial charge in [0.25, 0.3) is 0 Å².